The van der Waals surface area contributed by atoms with E-state index < -0.39 is 0 Å². The highest BCUT2D eigenvalue weighted by Gasteiger charge is 2.40. The normalized spacial score (nSPS) is 19.7. The minimum atomic E-state index is -0.354. The molecule has 0 saturated carbocycles. The molecule has 0 aromatic heterocycles. The largest absolute Gasteiger partial charge is 0.320 e. The van der Waals surface area contributed by atoms with E-state index in [4.69, 9.17) is 5.73 Å². The molecule has 1 fully saturated rings. The molecule has 116 valence electrons. The molecule has 2 nitrogen and oxygen atoms in total. The standard InChI is InChI=1S/C20H26N2/c1-2-20(21,18-13-7-4-8-14-18)19(22-15-9-10-16-22)17-11-5-3-6-12-17/h3-8,11-14,19H,2,9-10,15-16,21H2,1H3. The summed E-state index contributed by atoms with van der Waals surface area (Å²) in [4.78, 5) is 2.58. The summed E-state index contributed by atoms with van der Waals surface area (Å²) < 4.78 is 0. The number of benzene rings is 2. The van der Waals surface area contributed by atoms with Crippen molar-refractivity contribution < 1.29 is 0 Å². The van der Waals surface area contributed by atoms with E-state index >= 15 is 0 Å². The first kappa shape index (κ1) is 15.3. The van der Waals surface area contributed by atoms with Crippen LogP contribution in [0.25, 0.3) is 0 Å². The second-order valence-electron chi connectivity index (χ2n) is 6.32. The Balaban J connectivity index is 2.07. The Morgan fingerprint density at radius 2 is 1.50 bits per heavy atom. The van der Waals surface area contributed by atoms with Crippen molar-refractivity contribution >= 4 is 0 Å². The van der Waals surface area contributed by atoms with Crippen molar-refractivity contribution in [3.05, 3.63) is 71.8 Å². The van der Waals surface area contributed by atoms with E-state index in [1.165, 1.54) is 24.0 Å². The monoisotopic (exact) mass is 294 g/mol. The molecule has 1 heterocycles. The predicted molar refractivity (Wildman–Crippen MR) is 92.6 cm³/mol. The Kier molecular flexibility index (Phi) is 4.60. The van der Waals surface area contributed by atoms with Crippen LogP contribution in [0.1, 0.15) is 43.4 Å². The Hall–Kier alpha value is -1.64. The molecule has 2 unspecified atom stereocenters. The van der Waals surface area contributed by atoms with Gasteiger partial charge in [-0.05, 0) is 43.5 Å². The molecular formula is C20H26N2. The van der Waals surface area contributed by atoms with Gasteiger partial charge in [-0.15, -0.1) is 0 Å². The summed E-state index contributed by atoms with van der Waals surface area (Å²) >= 11 is 0. The van der Waals surface area contributed by atoms with Crippen LogP contribution in [0.4, 0.5) is 0 Å². The smallest absolute Gasteiger partial charge is 0.0606 e. The lowest BCUT2D eigenvalue weighted by atomic mass is 9.77. The number of hydrogen-bond donors (Lipinski definition) is 1. The number of likely N-dealkylation sites (tertiary alicyclic amines) is 1. The highest BCUT2D eigenvalue weighted by atomic mass is 15.2. The summed E-state index contributed by atoms with van der Waals surface area (Å²) in [7, 11) is 0. The molecule has 1 aliphatic heterocycles. The Morgan fingerprint density at radius 3 is 2.05 bits per heavy atom. The third-order valence-corrected chi connectivity index (χ3v) is 5.01. The van der Waals surface area contributed by atoms with Gasteiger partial charge in [0.25, 0.3) is 0 Å². The molecule has 0 amide bonds. The maximum Gasteiger partial charge on any atom is 0.0606 e. The molecule has 2 aromatic carbocycles. The summed E-state index contributed by atoms with van der Waals surface area (Å²) in [6.07, 6.45) is 3.48. The molecule has 2 heteroatoms. The van der Waals surface area contributed by atoms with E-state index in [0.717, 1.165) is 19.5 Å². The fourth-order valence-electron chi connectivity index (χ4n) is 3.77. The van der Waals surface area contributed by atoms with Gasteiger partial charge in [0, 0.05) is 0 Å². The number of nitrogens with zero attached hydrogens (tertiary/aromatic N) is 1. The van der Waals surface area contributed by atoms with Gasteiger partial charge in [0.05, 0.1) is 11.6 Å². The van der Waals surface area contributed by atoms with Gasteiger partial charge in [0.1, 0.15) is 0 Å². The van der Waals surface area contributed by atoms with Gasteiger partial charge in [-0.2, -0.15) is 0 Å². The van der Waals surface area contributed by atoms with Crippen LogP contribution >= 0.6 is 0 Å². The lowest BCUT2D eigenvalue weighted by Gasteiger charge is -2.43. The number of hydrogen-bond acceptors (Lipinski definition) is 2. The van der Waals surface area contributed by atoms with Gasteiger partial charge < -0.3 is 5.73 Å². The van der Waals surface area contributed by atoms with Crippen LogP contribution in [0.5, 0.6) is 0 Å². The summed E-state index contributed by atoms with van der Waals surface area (Å²) in [5, 5.41) is 0. The summed E-state index contributed by atoms with van der Waals surface area (Å²) in [6.45, 7) is 4.50. The molecule has 0 aliphatic carbocycles. The van der Waals surface area contributed by atoms with Crippen LogP contribution in [-0.4, -0.2) is 18.0 Å². The lowest BCUT2D eigenvalue weighted by molar-refractivity contribution is 0.141. The summed E-state index contributed by atoms with van der Waals surface area (Å²) in [6, 6.07) is 21.6. The molecule has 3 rings (SSSR count). The fraction of sp³-hybridized carbons (Fsp3) is 0.400. The van der Waals surface area contributed by atoms with Gasteiger partial charge in [-0.3, -0.25) is 4.90 Å². The molecule has 0 radical (unpaired) electrons. The minimum absolute atomic E-state index is 0.239. The lowest BCUT2D eigenvalue weighted by Crippen LogP contribution is -2.49. The van der Waals surface area contributed by atoms with Crippen molar-refractivity contribution in [3.8, 4) is 0 Å². The number of nitrogens with two attached hydrogens (primary N) is 1. The van der Waals surface area contributed by atoms with Gasteiger partial charge >= 0.3 is 0 Å². The third kappa shape index (κ3) is 2.81. The van der Waals surface area contributed by atoms with E-state index in [2.05, 4.69) is 72.5 Å². The molecule has 2 N–H and O–H groups in total. The summed E-state index contributed by atoms with van der Waals surface area (Å²) in [5.41, 5.74) is 9.24. The van der Waals surface area contributed by atoms with Gasteiger partial charge in [-0.1, -0.05) is 67.6 Å². The first-order chi connectivity index (χ1) is 10.8. The Labute approximate surface area is 134 Å². The van der Waals surface area contributed by atoms with Crippen molar-refractivity contribution in [2.24, 2.45) is 5.73 Å². The van der Waals surface area contributed by atoms with Crippen LogP contribution in [0.2, 0.25) is 0 Å². The zero-order valence-electron chi connectivity index (χ0n) is 13.4. The van der Waals surface area contributed by atoms with E-state index in [0.29, 0.717) is 0 Å². The van der Waals surface area contributed by atoms with E-state index in [-0.39, 0.29) is 11.6 Å². The van der Waals surface area contributed by atoms with Gasteiger partial charge in [-0.25, -0.2) is 0 Å². The zero-order chi connectivity index (χ0) is 15.4. The van der Waals surface area contributed by atoms with Crippen LogP contribution in [0.15, 0.2) is 60.7 Å². The van der Waals surface area contributed by atoms with E-state index in [9.17, 15) is 0 Å². The van der Waals surface area contributed by atoms with E-state index in [1.807, 2.05) is 0 Å². The molecule has 0 spiro atoms. The highest BCUT2D eigenvalue weighted by molar-refractivity contribution is 5.32. The van der Waals surface area contributed by atoms with Crippen LogP contribution in [0.3, 0.4) is 0 Å². The molecule has 0 bridgehead atoms. The molecule has 2 aromatic rings. The second-order valence-corrected chi connectivity index (χ2v) is 6.32. The van der Waals surface area contributed by atoms with E-state index in [1.54, 1.807) is 0 Å². The highest BCUT2D eigenvalue weighted by Crippen LogP contribution is 2.41. The molecule has 1 saturated heterocycles. The first-order valence-corrected chi connectivity index (χ1v) is 8.39. The zero-order valence-corrected chi connectivity index (χ0v) is 13.4. The van der Waals surface area contributed by atoms with Crippen LogP contribution in [0, 0.1) is 0 Å². The average molecular weight is 294 g/mol. The second kappa shape index (κ2) is 6.64. The van der Waals surface area contributed by atoms with Crippen molar-refractivity contribution in [1.29, 1.82) is 0 Å². The molecule has 2 atom stereocenters. The molecule has 22 heavy (non-hydrogen) atoms. The minimum Gasteiger partial charge on any atom is -0.320 e. The quantitative estimate of drug-likeness (QED) is 0.900. The van der Waals surface area contributed by atoms with Gasteiger partial charge in [0.2, 0.25) is 0 Å². The van der Waals surface area contributed by atoms with Crippen molar-refractivity contribution in [2.75, 3.05) is 13.1 Å². The maximum atomic E-state index is 7.03. The van der Waals surface area contributed by atoms with Crippen molar-refractivity contribution in [2.45, 2.75) is 37.8 Å². The van der Waals surface area contributed by atoms with Gasteiger partial charge in [0.15, 0.2) is 0 Å². The number of rotatable bonds is 5. The van der Waals surface area contributed by atoms with Crippen LogP contribution < -0.4 is 5.73 Å². The fourth-order valence-corrected chi connectivity index (χ4v) is 3.77. The molecular weight excluding hydrogens is 268 g/mol. The third-order valence-electron chi connectivity index (χ3n) is 5.01. The first-order valence-electron chi connectivity index (χ1n) is 8.39. The van der Waals surface area contributed by atoms with Crippen LogP contribution in [-0.2, 0) is 5.54 Å². The van der Waals surface area contributed by atoms with Crippen molar-refractivity contribution in [3.63, 3.8) is 0 Å². The van der Waals surface area contributed by atoms with Crippen molar-refractivity contribution in [1.82, 2.24) is 4.90 Å². The maximum absolute atomic E-state index is 7.03. The molecule has 1 aliphatic rings. The SMILES string of the molecule is CCC(N)(c1ccccc1)C(c1ccccc1)N1CCCC1. The Bertz CT molecular complexity index is 575. The Morgan fingerprint density at radius 1 is 0.955 bits per heavy atom. The predicted octanol–water partition coefficient (Wildman–Crippen LogP) is 4.09. The summed E-state index contributed by atoms with van der Waals surface area (Å²) in [5.74, 6) is 0. The topological polar surface area (TPSA) is 29.3 Å². The average Bonchev–Trinajstić information content (AvgIpc) is 3.10.